The van der Waals surface area contributed by atoms with Gasteiger partial charge in [0.15, 0.2) is 0 Å². The zero-order valence-electron chi connectivity index (χ0n) is 8.90. The molecule has 0 unspecified atom stereocenters. The Morgan fingerprint density at radius 2 is 2.12 bits per heavy atom. The highest BCUT2D eigenvalue weighted by molar-refractivity contribution is 9.11. The van der Waals surface area contributed by atoms with Crippen molar-refractivity contribution in [1.29, 1.82) is 0 Å². The second kappa shape index (κ2) is 4.50. The number of fused-ring (bicyclic) bond motifs is 1. The van der Waals surface area contributed by atoms with Crippen molar-refractivity contribution in [1.82, 2.24) is 9.97 Å². The van der Waals surface area contributed by atoms with Crippen LogP contribution in [0.25, 0.3) is 11.0 Å². The normalized spacial score (nSPS) is 10.9. The van der Waals surface area contributed by atoms with E-state index in [4.69, 9.17) is 0 Å². The maximum Gasteiger partial charge on any atom is 0.201 e. The van der Waals surface area contributed by atoms with Crippen LogP contribution >= 0.6 is 27.3 Å². The fourth-order valence-corrected chi connectivity index (χ4v) is 3.08. The number of H-pyrrole nitrogens is 1. The molecule has 0 saturated heterocycles. The van der Waals surface area contributed by atoms with Crippen LogP contribution < -0.4 is 5.32 Å². The average molecular weight is 308 g/mol. The predicted octanol–water partition coefficient (Wildman–Crippen LogP) is 4.00. The summed E-state index contributed by atoms with van der Waals surface area (Å²) >= 11 is 5.18. The van der Waals surface area contributed by atoms with Crippen LogP contribution in [0.4, 0.5) is 5.95 Å². The summed E-state index contributed by atoms with van der Waals surface area (Å²) in [4.78, 5) is 8.98. The third-order valence-electron chi connectivity index (χ3n) is 2.45. The van der Waals surface area contributed by atoms with Gasteiger partial charge in [-0.3, -0.25) is 0 Å². The number of hydrogen-bond acceptors (Lipinski definition) is 3. The zero-order valence-corrected chi connectivity index (χ0v) is 11.3. The van der Waals surface area contributed by atoms with Crippen molar-refractivity contribution in [3.63, 3.8) is 0 Å². The summed E-state index contributed by atoms with van der Waals surface area (Å²) in [5, 5.41) is 3.29. The Hall–Kier alpha value is -1.33. The zero-order chi connectivity index (χ0) is 11.7. The first-order chi connectivity index (χ1) is 8.31. The highest BCUT2D eigenvalue weighted by atomic mass is 79.9. The number of aromatic nitrogens is 2. The maximum absolute atomic E-state index is 4.46. The minimum Gasteiger partial charge on any atom is -0.351 e. The summed E-state index contributed by atoms with van der Waals surface area (Å²) in [7, 11) is 0. The molecule has 0 atom stereocenters. The Morgan fingerprint density at radius 3 is 2.88 bits per heavy atom. The minimum atomic E-state index is 0.788. The van der Waals surface area contributed by atoms with E-state index in [0.717, 1.165) is 27.3 Å². The van der Waals surface area contributed by atoms with Crippen LogP contribution in [0, 0.1) is 0 Å². The summed E-state index contributed by atoms with van der Waals surface area (Å²) in [6.07, 6.45) is 0. The molecule has 0 aliphatic carbocycles. The highest BCUT2D eigenvalue weighted by Crippen LogP contribution is 2.23. The lowest BCUT2D eigenvalue weighted by molar-refractivity contribution is 1.13. The summed E-state index contributed by atoms with van der Waals surface area (Å²) in [5.74, 6) is 0.815. The monoisotopic (exact) mass is 307 g/mol. The van der Waals surface area contributed by atoms with Gasteiger partial charge in [-0.2, -0.15) is 0 Å². The topological polar surface area (TPSA) is 40.7 Å². The SMILES string of the molecule is Brc1ccc(CNc2nc3ccccc3[nH]2)s1. The smallest absolute Gasteiger partial charge is 0.201 e. The van der Waals surface area contributed by atoms with E-state index in [1.54, 1.807) is 11.3 Å². The fraction of sp³-hybridized carbons (Fsp3) is 0.0833. The molecular formula is C12H10BrN3S. The summed E-state index contributed by atoms with van der Waals surface area (Å²) in [5.41, 5.74) is 2.05. The lowest BCUT2D eigenvalue weighted by Gasteiger charge is -1.98. The number of nitrogens with zero attached hydrogens (tertiary/aromatic N) is 1. The van der Waals surface area contributed by atoms with Crippen LogP contribution in [0.5, 0.6) is 0 Å². The fourth-order valence-electron chi connectivity index (χ4n) is 1.65. The Bertz CT molecular complexity index is 611. The molecule has 2 aromatic heterocycles. The van der Waals surface area contributed by atoms with E-state index in [1.165, 1.54) is 4.88 Å². The summed E-state index contributed by atoms with van der Waals surface area (Å²) in [6.45, 7) is 0.788. The molecule has 0 bridgehead atoms. The lowest BCUT2D eigenvalue weighted by atomic mass is 10.3. The van der Waals surface area contributed by atoms with Crippen molar-refractivity contribution < 1.29 is 0 Å². The van der Waals surface area contributed by atoms with E-state index in [-0.39, 0.29) is 0 Å². The molecule has 0 radical (unpaired) electrons. The van der Waals surface area contributed by atoms with Crippen LogP contribution in [0.15, 0.2) is 40.2 Å². The van der Waals surface area contributed by atoms with Crippen molar-refractivity contribution in [3.8, 4) is 0 Å². The molecule has 0 spiro atoms. The van der Waals surface area contributed by atoms with Gasteiger partial charge in [-0.1, -0.05) is 12.1 Å². The largest absolute Gasteiger partial charge is 0.351 e. The van der Waals surface area contributed by atoms with Gasteiger partial charge in [0.2, 0.25) is 5.95 Å². The third-order valence-corrected chi connectivity index (χ3v) is 4.07. The third kappa shape index (κ3) is 2.35. The molecule has 3 nitrogen and oxygen atoms in total. The Kier molecular flexibility index (Phi) is 2.86. The second-order valence-electron chi connectivity index (χ2n) is 3.66. The highest BCUT2D eigenvalue weighted by Gasteiger charge is 2.02. The van der Waals surface area contributed by atoms with E-state index < -0.39 is 0 Å². The van der Waals surface area contributed by atoms with Gasteiger partial charge in [-0.05, 0) is 40.2 Å². The van der Waals surface area contributed by atoms with Crippen LogP contribution in [-0.4, -0.2) is 9.97 Å². The minimum absolute atomic E-state index is 0.788. The molecule has 3 aromatic rings. The van der Waals surface area contributed by atoms with Gasteiger partial charge in [0, 0.05) is 4.88 Å². The average Bonchev–Trinajstić information content (AvgIpc) is 2.91. The van der Waals surface area contributed by atoms with Gasteiger partial charge in [0.05, 0.1) is 21.4 Å². The van der Waals surface area contributed by atoms with Crippen molar-refractivity contribution >= 4 is 44.2 Å². The molecule has 0 aliphatic rings. The second-order valence-corrected chi connectivity index (χ2v) is 6.21. The number of benzene rings is 1. The number of hydrogen-bond donors (Lipinski definition) is 2. The van der Waals surface area contributed by atoms with Gasteiger partial charge in [0.25, 0.3) is 0 Å². The van der Waals surface area contributed by atoms with Gasteiger partial charge < -0.3 is 10.3 Å². The van der Waals surface area contributed by atoms with E-state index in [9.17, 15) is 0 Å². The molecule has 0 saturated carbocycles. The summed E-state index contributed by atoms with van der Waals surface area (Å²) in [6, 6.07) is 12.2. The first kappa shape index (κ1) is 10.8. The van der Waals surface area contributed by atoms with Gasteiger partial charge in [-0.25, -0.2) is 4.98 Å². The predicted molar refractivity (Wildman–Crippen MR) is 75.4 cm³/mol. The number of nitrogens with one attached hydrogen (secondary N) is 2. The molecule has 3 rings (SSSR count). The van der Waals surface area contributed by atoms with E-state index in [2.05, 4.69) is 43.3 Å². The van der Waals surface area contributed by atoms with Crippen LogP contribution in [0.2, 0.25) is 0 Å². The van der Waals surface area contributed by atoms with Crippen molar-refractivity contribution in [2.24, 2.45) is 0 Å². The first-order valence-electron chi connectivity index (χ1n) is 5.24. The van der Waals surface area contributed by atoms with Crippen molar-refractivity contribution in [2.75, 3.05) is 5.32 Å². The number of rotatable bonds is 3. The number of imidazole rings is 1. The van der Waals surface area contributed by atoms with Crippen molar-refractivity contribution in [3.05, 3.63) is 45.1 Å². The van der Waals surface area contributed by atoms with Gasteiger partial charge in [-0.15, -0.1) is 11.3 Å². The van der Waals surface area contributed by atoms with E-state index >= 15 is 0 Å². The molecular weight excluding hydrogens is 298 g/mol. The summed E-state index contributed by atoms with van der Waals surface area (Å²) < 4.78 is 1.15. The Labute approximate surface area is 111 Å². The molecule has 2 N–H and O–H groups in total. The number of para-hydroxylation sites is 2. The molecule has 17 heavy (non-hydrogen) atoms. The number of anilines is 1. The Morgan fingerprint density at radius 1 is 1.24 bits per heavy atom. The molecule has 1 aromatic carbocycles. The van der Waals surface area contributed by atoms with Gasteiger partial charge >= 0.3 is 0 Å². The molecule has 86 valence electrons. The Balaban J connectivity index is 1.76. The van der Waals surface area contributed by atoms with Crippen LogP contribution in [0.3, 0.4) is 0 Å². The lowest BCUT2D eigenvalue weighted by Crippen LogP contribution is -1.98. The molecule has 0 amide bonds. The first-order valence-corrected chi connectivity index (χ1v) is 6.85. The van der Waals surface area contributed by atoms with Crippen LogP contribution in [-0.2, 0) is 6.54 Å². The van der Waals surface area contributed by atoms with Gasteiger partial charge in [0.1, 0.15) is 0 Å². The molecule has 0 fully saturated rings. The number of halogens is 1. The van der Waals surface area contributed by atoms with Crippen LogP contribution in [0.1, 0.15) is 4.88 Å². The van der Waals surface area contributed by atoms with Crippen molar-refractivity contribution in [2.45, 2.75) is 6.54 Å². The maximum atomic E-state index is 4.46. The molecule has 0 aliphatic heterocycles. The molecule has 5 heteroatoms. The quantitative estimate of drug-likeness (QED) is 0.768. The van der Waals surface area contributed by atoms with E-state index in [0.29, 0.717) is 0 Å². The molecule has 2 heterocycles. The number of aromatic amines is 1. The van der Waals surface area contributed by atoms with E-state index in [1.807, 2.05) is 24.3 Å². The standard InChI is InChI=1S/C12H10BrN3S/c13-11-6-5-8(17-11)7-14-12-15-9-3-1-2-4-10(9)16-12/h1-6H,7H2,(H2,14,15,16). The number of thiophene rings is 1.